The Kier molecular flexibility index (Phi) is 4.27. The van der Waals surface area contributed by atoms with Crippen molar-refractivity contribution in [2.24, 2.45) is 9.98 Å². The Hall–Kier alpha value is -2.25. The van der Waals surface area contributed by atoms with E-state index >= 15 is 0 Å². The van der Waals surface area contributed by atoms with Crippen LogP contribution in [0.3, 0.4) is 0 Å². The lowest BCUT2D eigenvalue weighted by Gasteiger charge is -2.21. The summed E-state index contributed by atoms with van der Waals surface area (Å²) in [7, 11) is 0. The molecule has 7 heteroatoms. The van der Waals surface area contributed by atoms with Crippen LogP contribution in [0.2, 0.25) is 0 Å². The van der Waals surface area contributed by atoms with E-state index in [1.165, 1.54) is 0 Å². The van der Waals surface area contributed by atoms with Gasteiger partial charge in [0, 0.05) is 22.8 Å². The van der Waals surface area contributed by atoms with Gasteiger partial charge in [0.15, 0.2) is 16.3 Å². The van der Waals surface area contributed by atoms with Crippen LogP contribution in [-0.2, 0) is 6.54 Å². The first-order valence-electron chi connectivity index (χ1n) is 7.47. The van der Waals surface area contributed by atoms with Gasteiger partial charge in [-0.15, -0.1) is 0 Å². The minimum atomic E-state index is -0.468. The Morgan fingerprint density at radius 1 is 1.16 bits per heavy atom. The monoisotopic (exact) mass is 459 g/mol. The van der Waals surface area contributed by atoms with Crippen LogP contribution < -0.4 is 0 Å². The average Bonchev–Trinajstić information content (AvgIpc) is 2.97. The largest absolute Gasteiger partial charge is 0.444 e. The average molecular weight is 461 g/mol. The van der Waals surface area contributed by atoms with Crippen LogP contribution in [0, 0.1) is 0 Å². The summed E-state index contributed by atoms with van der Waals surface area (Å²) in [5, 5.41) is 0. The zero-order chi connectivity index (χ0) is 17.4. The van der Waals surface area contributed by atoms with Gasteiger partial charge in [0.25, 0.3) is 0 Å². The van der Waals surface area contributed by atoms with Crippen LogP contribution in [0.25, 0.3) is 0 Å². The molecule has 1 aromatic carbocycles. The molecule has 2 aromatic rings. The van der Waals surface area contributed by atoms with Gasteiger partial charge in [0.05, 0.1) is 0 Å². The lowest BCUT2D eigenvalue weighted by Crippen LogP contribution is -2.24. The molecule has 4 rings (SSSR count). The van der Waals surface area contributed by atoms with Crippen LogP contribution in [0.5, 0.6) is 0 Å². The van der Waals surface area contributed by atoms with Crippen molar-refractivity contribution in [3.05, 3.63) is 80.8 Å². The molecule has 0 saturated carbocycles. The van der Waals surface area contributed by atoms with Gasteiger partial charge in [-0.3, -0.25) is 4.79 Å². The molecule has 0 aliphatic carbocycles. The summed E-state index contributed by atoms with van der Waals surface area (Å²) in [6.07, 6.45) is 5.76. The Bertz CT molecular complexity index is 986. The Labute approximate surface area is 160 Å². The third-order valence-corrected chi connectivity index (χ3v) is 4.67. The third kappa shape index (κ3) is 3.29. The number of aliphatic imine (C=N–C) groups is 2. The van der Waals surface area contributed by atoms with Gasteiger partial charge in [-0.25, -0.2) is 4.99 Å². The van der Waals surface area contributed by atoms with Crippen molar-refractivity contribution in [3.8, 4) is 0 Å². The number of carbonyl (C=O) groups is 1. The molecular formula is C18H11Br2N3O2. The molecule has 0 atom stereocenters. The number of fused-ring (bicyclic) bond motifs is 2. The highest BCUT2D eigenvalue weighted by Gasteiger charge is 2.22. The molecule has 2 aliphatic heterocycles. The fourth-order valence-corrected chi connectivity index (χ4v) is 3.32. The molecule has 0 bridgehead atoms. The maximum atomic E-state index is 12.4. The summed E-state index contributed by atoms with van der Waals surface area (Å²) < 4.78 is 6.74. The standard InChI is InChI=1S/C18H11Br2N3O2/c19-12-5-8-16-21-17(22-18(24)14-6-7-15(20)25-14)13-4-2-1-3-11(13)9-23(16)10-12/h1-8,10H,9H2. The molecule has 5 nitrogen and oxygen atoms in total. The smallest absolute Gasteiger partial charge is 0.314 e. The topological polar surface area (TPSA) is 58.2 Å². The number of furan rings is 1. The molecule has 3 heterocycles. The number of nitrogens with zero attached hydrogens (tertiary/aromatic N) is 3. The molecule has 0 spiro atoms. The van der Waals surface area contributed by atoms with Gasteiger partial charge in [-0.05, 0) is 61.7 Å². The number of rotatable bonds is 1. The highest BCUT2D eigenvalue weighted by atomic mass is 79.9. The summed E-state index contributed by atoms with van der Waals surface area (Å²) in [4.78, 5) is 23.3. The molecule has 1 aromatic heterocycles. The molecular weight excluding hydrogens is 450 g/mol. The first-order valence-corrected chi connectivity index (χ1v) is 9.06. The van der Waals surface area contributed by atoms with Crippen molar-refractivity contribution in [1.29, 1.82) is 0 Å². The van der Waals surface area contributed by atoms with Crippen LogP contribution in [0.15, 0.2) is 78.3 Å². The Morgan fingerprint density at radius 2 is 2.00 bits per heavy atom. The molecule has 0 fully saturated rings. The molecule has 0 radical (unpaired) electrons. The molecule has 0 unspecified atom stereocenters. The molecule has 1 amide bonds. The summed E-state index contributed by atoms with van der Waals surface area (Å²) >= 11 is 6.67. The van der Waals surface area contributed by atoms with E-state index in [4.69, 9.17) is 4.42 Å². The molecule has 25 heavy (non-hydrogen) atoms. The van der Waals surface area contributed by atoms with Crippen molar-refractivity contribution in [3.63, 3.8) is 0 Å². The Morgan fingerprint density at radius 3 is 2.80 bits per heavy atom. The van der Waals surface area contributed by atoms with E-state index < -0.39 is 5.91 Å². The van der Waals surface area contributed by atoms with Crippen molar-refractivity contribution in [1.82, 2.24) is 4.90 Å². The van der Waals surface area contributed by atoms with E-state index in [2.05, 4.69) is 41.8 Å². The van der Waals surface area contributed by atoms with E-state index in [-0.39, 0.29) is 5.76 Å². The minimum absolute atomic E-state index is 0.167. The number of hydrogen-bond acceptors (Lipinski definition) is 3. The number of halogens is 2. The molecule has 0 N–H and O–H groups in total. The fourth-order valence-electron chi connectivity index (χ4n) is 2.63. The second-order valence-corrected chi connectivity index (χ2v) is 7.14. The van der Waals surface area contributed by atoms with E-state index in [9.17, 15) is 4.79 Å². The number of benzene rings is 1. The van der Waals surface area contributed by atoms with Crippen LogP contribution in [0.1, 0.15) is 21.7 Å². The third-order valence-electron chi connectivity index (χ3n) is 3.78. The second-order valence-electron chi connectivity index (χ2n) is 5.45. The van der Waals surface area contributed by atoms with Gasteiger partial charge < -0.3 is 9.32 Å². The van der Waals surface area contributed by atoms with E-state index in [1.807, 2.05) is 47.5 Å². The van der Waals surface area contributed by atoms with E-state index in [0.29, 0.717) is 17.0 Å². The van der Waals surface area contributed by atoms with Crippen LogP contribution in [-0.4, -0.2) is 22.5 Å². The van der Waals surface area contributed by atoms with Gasteiger partial charge in [0.2, 0.25) is 0 Å². The van der Waals surface area contributed by atoms with E-state index in [1.54, 1.807) is 12.1 Å². The summed E-state index contributed by atoms with van der Waals surface area (Å²) in [6.45, 7) is 0.647. The summed E-state index contributed by atoms with van der Waals surface area (Å²) in [5.74, 6) is 0.804. The molecule has 124 valence electrons. The predicted molar refractivity (Wildman–Crippen MR) is 103 cm³/mol. The number of amides is 1. The van der Waals surface area contributed by atoms with Gasteiger partial charge in [-0.2, -0.15) is 4.99 Å². The normalized spacial score (nSPS) is 17.5. The highest BCUT2D eigenvalue weighted by molar-refractivity contribution is 9.12. The first-order chi connectivity index (χ1) is 12.1. The predicted octanol–water partition coefficient (Wildman–Crippen LogP) is 4.65. The number of hydrogen-bond donors (Lipinski definition) is 0. The SMILES string of the molecule is O=C(N=C1N=C2C=CC(Br)=CN2Cc2ccccc21)c1ccc(Br)o1. The number of amidine groups is 2. The lowest BCUT2D eigenvalue weighted by atomic mass is 10.1. The quantitative estimate of drug-likeness (QED) is 0.622. The van der Waals surface area contributed by atoms with Crippen molar-refractivity contribution in [2.75, 3.05) is 0 Å². The number of allylic oxidation sites excluding steroid dienone is 2. The first kappa shape index (κ1) is 16.2. The van der Waals surface area contributed by atoms with Crippen molar-refractivity contribution >= 4 is 49.4 Å². The van der Waals surface area contributed by atoms with Gasteiger partial charge in [-0.1, -0.05) is 24.3 Å². The maximum absolute atomic E-state index is 12.4. The van der Waals surface area contributed by atoms with Crippen molar-refractivity contribution in [2.45, 2.75) is 6.54 Å². The summed E-state index contributed by atoms with van der Waals surface area (Å²) in [5.41, 5.74) is 1.88. The minimum Gasteiger partial charge on any atom is -0.444 e. The molecule has 2 aliphatic rings. The fraction of sp³-hybridized carbons (Fsp3) is 0.0556. The zero-order valence-corrected chi connectivity index (χ0v) is 16.0. The summed E-state index contributed by atoms with van der Waals surface area (Å²) in [6, 6.07) is 11.1. The van der Waals surface area contributed by atoms with Gasteiger partial charge in [0.1, 0.15) is 5.84 Å². The zero-order valence-electron chi connectivity index (χ0n) is 12.8. The Balaban J connectivity index is 1.82. The number of carbonyl (C=O) groups excluding carboxylic acids is 1. The lowest BCUT2D eigenvalue weighted by molar-refractivity contribution is 0.0975. The van der Waals surface area contributed by atoms with Gasteiger partial charge >= 0.3 is 5.91 Å². The maximum Gasteiger partial charge on any atom is 0.314 e. The molecule has 0 saturated heterocycles. The van der Waals surface area contributed by atoms with Crippen LogP contribution in [0.4, 0.5) is 0 Å². The van der Waals surface area contributed by atoms with Crippen molar-refractivity contribution < 1.29 is 9.21 Å². The highest BCUT2D eigenvalue weighted by Crippen LogP contribution is 2.24. The second kappa shape index (κ2) is 6.57. The van der Waals surface area contributed by atoms with Crippen LogP contribution >= 0.6 is 31.9 Å². The van der Waals surface area contributed by atoms with E-state index in [0.717, 1.165) is 21.4 Å².